The SMILES string of the molecule is CCOCCCNc1nc(C)cn1CCN1CCCCC1. The Morgan fingerprint density at radius 2 is 2.05 bits per heavy atom. The number of likely N-dealkylation sites (tertiary alicyclic amines) is 1. The molecule has 0 spiro atoms. The van der Waals surface area contributed by atoms with E-state index in [-0.39, 0.29) is 0 Å². The van der Waals surface area contributed by atoms with Gasteiger partial charge in [0.2, 0.25) is 5.95 Å². The molecule has 1 aliphatic rings. The summed E-state index contributed by atoms with van der Waals surface area (Å²) >= 11 is 0. The molecule has 0 aromatic carbocycles. The molecule has 0 aliphatic carbocycles. The normalized spacial score (nSPS) is 16.3. The van der Waals surface area contributed by atoms with Crippen LogP contribution in [0.25, 0.3) is 0 Å². The minimum atomic E-state index is 0.795. The Morgan fingerprint density at radius 1 is 1.24 bits per heavy atom. The molecule has 0 amide bonds. The molecule has 2 rings (SSSR count). The van der Waals surface area contributed by atoms with Gasteiger partial charge in [-0.3, -0.25) is 0 Å². The van der Waals surface area contributed by atoms with Gasteiger partial charge in [-0.2, -0.15) is 0 Å². The Labute approximate surface area is 128 Å². The second-order valence-electron chi connectivity index (χ2n) is 5.78. The van der Waals surface area contributed by atoms with Gasteiger partial charge in [-0.05, 0) is 46.2 Å². The molecule has 0 atom stereocenters. The van der Waals surface area contributed by atoms with Crippen molar-refractivity contribution in [1.82, 2.24) is 14.5 Å². The number of nitrogens with one attached hydrogen (secondary N) is 1. The summed E-state index contributed by atoms with van der Waals surface area (Å²) in [6.45, 7) is 11.3. The molecule has 21 heavy (non-hydrogen) atoms. The highest BCUT2D eigenvalue weighted by Crippen LogP contribution is 2.11. The largest absolute Gasteiger partial charge is 0.382 e. The monoisotopic (exact) mass is 294 g/mol. The summed E-state index contributed by atoms with van der Waals surface area (Å²) in [5.41, 5.74) is 1.08. The van der Waals surface area contributed by atoms with Crippen molar-refractivity contribution < 1.29 is 4.74 Å². The third-order valence-corrected chi connectivity index (χ3v) is 3.96. The first-order chi connectivity index (χ1) is 10.3. The van der Waals surface area contributed by atoms with Gasteiger partial charge in [0.05, 0.1) is 5.69 Å². The van der Waals surface area contributed by atoms with Crippen molar-refractivity contribution in [3.05, 3.63) is 11.9 Å². The van der Waals surface area contributed by atoms with Gasteiger partial charge >= 0.3 is 0 Å². The first kappa shape index (κ1) is 16.3. The molecule has 0 unspecified atom stereocenters. The van der Waals surface area contributed by atoms with Crippen LogP contribution in [0.3, 0.4) is 0 Å². The molecule has 5 nitrogen and oxygen atoms in total. The molecule has 1 saturated heterocycles. The quantitative estimate of drug-likeness (QED) is 0.711. The lowest BCUT2D eigenvalue weighted by Gasteiger charge is -2.26. The number of hydrogen-bond acceptors (Lipinski definition) is 4. The summed E-state index contributed by atoms with van der Waals surface area (Å²) in [5, 5.41) is 3.43. The number of anilines is 1. The predicted octanol–water partition coefficient (Wildman–Crippen LogP) is 2.52. The molecule has 0 radical (unpaired) electrons. The summed E-state index contributed by atoms with van der Waals surface area (Å²) in [5.74, 6) is 1.00. The Balaban J connectivity index is 1.75. The molecule has 0 saturated carbocycles. The average molecular weight is 294 g/mol. The van der Waals surface area contributed by atoms with Crippen molar-refractivity contribution in [2.24, 2.45) is 0 Å². The Morgan fingerprint density at radius 3 is 2.81 bits per heavy atom. The van der Waals surface area contributed by atoms with Gasteiger partial charge in [-0.15, -0.1) is 0 Å². The zero-order valence-electron chi connectivity index (χ0n) is 13.6. The standard InChI is InChI=1S/C16H30N4O/c1-3-21-13-7-8-17-16-18-15(2)14-20(16)12-11-19-9-5-4-6-10-19/h14H,3-13H2,1-2H3,(H,17,18). The van der Waals surface area contributed by atoms with Crippen LogP contribution in [0.1, 0.15) is 38.3 Å². The molecule has 2 heterocycles. The van der Waals surface area contributed by atoms with Crippen molar-refractivity contribution in [2.45, 2.75) is 46.1 Å². The number of aromatic nitrogens is 2. The minimum absolute atomic E-state index is 0.795. The molecule has 5 heteroatoms. The van der Waals surface area contributed by atoms with Crippen LogP contribution in [0.2, 0.25) is 0 Å². The Hall–Kier alpha value is -1.07. The van der Waals surface area contributed by atoms with Crippen LogP contribution in [-0.2, 0) is 11.3 Å². The number of ether oxygens (including phenoxy) is 1. The molecular weight excluding hydrogens is 264 g/mol. The van der Waals surface area contributed by atoms with Crippen LogP contribution in [0.15, 0.2) is 6.20 Å². The Bertz CT molecular complexity index is 399. The van der Waals surface area contributed by atoms with E-state index in [2.05, 4.69) is 32.9 Å². The molecule has 1 aromatic heterocycles. The fraction of sp³-hybridized carbons (Fsp3) is 0.812. The number of rotatable bonds is 9. The maximum absolute atomic E-state index is 5.36. The van der Waals surface area contributed by atoms with Gasteiger partial charge in [-0.1, -0.05) is 6.42 Å². The average Bonchev–Trinajstić information content (AvgIpc) is 2.86. The highest BCUT2D eigenvalue weighted by molar-refractivity contribution is 5.28. The minimum Gasteiger partial charge on any atom is -0.382 e. The zero-order valence-corrected chi connectivity index (χ0v) is 13.6. The van der Waals surface area contributed by atoms with E-state index in [1.165, 1.54) is 32.4 Å². The molecule has 1 aromatic rings. The van der Waals surface area contributed by atoms with E-state index in [1.54, 1.807) is 0 Å². The summed E-state index contributed by atoms with van der Waals surface area (Å²) in [6.07, 6.45) is 7.27. The number of aryl methyl sites for hydroxylation is 1. The van der Waals surface area contributed by atoms with Gasteiger partial charge in [0.15, 0.2) is 0 Å². The van der Waals surface area contributed by atoms with Crippen molar-refractivity contribution in [3.8, 4) is 0 Å². The van der Waals surface area contributed by atoms with Crippen molar-refractivity contribution in [3.63, 3.8) is 0 Å². The van der Waals surface area contributed by atoms with Crippen LogP contribution in [-0.4, -0.2) is 53.8 Å². The highest BCUT2D eigenvalue weighted by Gasteiger charge is 2.11. The number of nitrogens with zero attached hydrogens (tertiary/aromatic N) is 3. The lowest BCUT2D eigenvalue weighted by Crippen LogP contribution is -2.32. The Kier molecular flexibility index (Phi) is 7.03. The maximum Gasteiger partial charge on any atom is 0.203 e. The first-order valence-electron chi connectivity index (χ1n) is 8.37. The van der Waals surface area contributed by atoms with Crippen LogP contribution in [0.5, 0.6) is 0 Å². The maximum atomic E-state index is 5.36. The van der Waals surface area contributed by atoms with Crippen LogP contribution in [0, 0.1) is 6.92 Å². The second-order valence-corrected chi connectivity index (χ2v) is 5.78. The van der Waals surface area contributed by atoms with Crippen molar-refractivity contribution in [1.29, 1.82) is 0 Å². The fourth-order valence-electron chi connectivity index (χ4n) is 2.81. The topological polar surface area (TPSA) is 42.3 Å². The smallest absolute Gasteiger partial charge is 0.203 e. The lowest BCUT2D eigenvalue weighted by atomic mass is 10.1. The fourth-order valence-corrected chi connectivity index (χ4v) is 2.81. The van der Waals surface area contributed by atoms with Crippen LogP contribution >= 0.6 is 0 Å². The second kappa shape index (κ2) is 9.05. The molecular formula is C16H30N4O. The van der Waals surface area contributed by atoms with E-state index in [4.69, 9.17) is 4.74 Å². The number of hydrogen-bond donors (Lipinski definition) is 1. The van der Waals surface area contributed by atoms with Crippen molar-refractivity contribution >= 4 is 5.95 Å². The molecule has 1 aliphatic heterocycles. The first-order valence-corrected chi connectivity index (χ1v) is 8.37. The van der Waals surface area contributed by atoms with Crippen LogP contribution in [0.4, 0.5) is 5.95 Å². The third-order valence-electron chi connectivity index (χ3n) is 3.96. The van der Waals surface area contributed by atoms with E-state index in [0.717, 1.165) is 50.9 Å². The third kappa shape index (κ3) is 5.67. The zero-order chi connectivity index (χ0) is 14.9. The molecule has 0 bridgehead atoms. The molecule has 1 fully saturated rings. The van der Waals surface area contributed by atoms with E-state index in [1.807, 2.05) is 6.92 Å². The van der Waals surface area contributed by atoms with Crippen molar-refractivity contribution in [2.75, 3.05) is 44.7 Å². The van der Waals surface area contributed by atoms with Gasteiger partial charge < -0.3 is 19.5 Å². The molecule has 120 valence electrons. The summed E-state index contributed by atoms with van der Waals surface area (Å²) in [6, 6.07) is 0. The van der Waals surface area contributed by atoms with Gasteiger partial charge in [-0.25, -0.2) is 4.98 Å². The lowest BCUT2D eigenvalue weighted by molar-refractivity contribution is 0.147. The summed E-state index contributed by atoms with van der Waals surface area (Å²) in [4.78, 5) is 7.15. The van der Waals surface area contributed by atoms with E-state index in [9.17, 15) is 0 Å². The summed E-state index contributed by atoms with van der Waals surface area (Å²) in [7, 11) is 0. The van der Waals surface area contributed by atoms with Gasteiger partial charge in [0.25, 0.3) is 0 Å². The summed E-state index contributed by atoms with van der Waals surface area (Å²) < 4.78 is 7.61. The highest BCUT2D eigenvalue weighted by atomic mass is 16.5. The van der Waals surface area contributed by atoms with Crippen LogP contribution < -0.4 is 5.32 Å². The molecule has 1 N–H and O–H groups in total. The number of piperidine rings is 1. The van der Waals surface area contributed by atoms with E-state index >= 15 is 0 Å². The van der Waals surface area contributed by atoms with E-state index in [0.29, 0.717) is 0 Å². The predicted molar refractivity (Wildman–Crippen MR) is 86.9 cm³/mol. The number of imidazole rings is 1. The van der Waals surface area contributed by atoms with Gasteiger partial charge in [0.1, 0.15) is 0 Å². The van der Waals surface area contributed by atoms with E-state index < -0.39 is 0 Å². The van der Waals surface area contributed by atoms with Gasteiger partial charge in [0, 0.05) is 39.0 Å².